The first-order valence-electron chi connectivity index (χ1n) is 9.69. The van der Waals surface area contributed by atoms with Gasteiger partial charge in [0, 0.05) is 23.2 Å². The Morgan fingerprint density at radius 1 is 1.23 bits per heavy atom. The van der Waals surface area contributed by atoms with Crippen LogP contribution in [0.5, 0.6) is 5.75 Å². The molecule has 1 heterocycles. The Morgan fingerprint density at radius 2 is 1.87 bits per heavy atom. The highest BCUT2D eigenvalue weighted by atomic mass is 16.5. The second kappa shape index (κ2) is 12.1. The summed E-state index contributed by atoms with van der Waals surface area (Å²) in [6, 6.07) is 7.43. The van der Waals surface area contributed by atoms with E-state index < -0.39 is 0 Å². The van der Waals surface area contributed by atoms with Gasteiger partial charge in [-0.3, -0.25) is 4.99 Å². The lowest BCUT2D eigenvalue weighted by molar-refractivity contribution is 0.443. The second-order valence-electron chi connectivity index (χ2n) is 6.13. The molecule has 160 valence electrons. The van der Waals surface area contributed by atoms with Gasteiger partial charge < -0.3 is 15.2 Å². The number of nitrogens with zero attached hydrogens (tertiary/aromatic N) is 4. The zero-order chi connectivity index (χ0) is 22.7. The van der Waals surface area contributed by atoms with E-state index in [1.54, 1.807) is 12.3 Å². The SMILES string of the molecule is C=N/C=C\C(=C/C)Oc1ccc(Nc2nn(C(=C)O)c(N=C(C)C)c2C)cc1.CC. The Labute approximate surface area is 178 Å². The van der Waals surface area contributed by atoms with Gasteiger partial charge in [-0.25, -0.2) is 4.99 Å². The van der Waals surface area contributed by atoms with E-state index in [1.165, 1.54) is 4.68 Å². The Morgan fingerprint density at radius 3 is 2.37 bits per heavy atom. The van der Waals surface area contributed by atoms with E-state index in [0.29, 0.717) is 23.1 Å². The molecule has 0 atom stereocenters. The lowest BCUT2D eigenvalue weighted by Crippen LogP contribution is -1.99. The van der Waals surface area contributed by atoms with Gasteiger partial charge in [-0.2, -0.15) is 4.68 Å². The first-order chi connectivity index (χ1) is 14.3. The van der Waals surface area contributed by atoms with E-state index >= 15 is 0 Å². The van der Waals surface area contributed by atoms with E-state index in [2.05, 4.69) is 33.7 Å². The number of aliphatic hydroxyl groups excluding tert-OH is 1. The maximum Gasteiger partial charge on any atom is 0.206 e. The van der Waals surface area contributed by atoms with Gasteiger partial charge in [-0.1, -0.05) is 13.8 Å². The molecule has 2 rings (SSSR count). The molecular formula is C23H31N5O2. The molecule has 0 aliphatic rings. The second-order valence-corrected chi connectivity index (χ2v) is 6.13. The normalized spacial score (nSPS) is 10.8. The highest BCUT2D eigenvalue weighted by Crippen LogP contribution is 2.30. The zero-order valence-corrected chi connectivity index (χ0v) is 18.6. The Bertz CT molecular complexity index is 947. The van der Waals surface area contributed by atoms with Gasteiger partial charge in [-0.05, 0) is 77.4 Å². The fourth-order valence-corrected chi connectivity index (χ4v) is 2.32. The summed E-state index contributed by atoms with van der Waals surface area (Å²) in [5.41, 5.74) is 2.46. The highest BCUT2D eigenvalue weighted by molar-refractivity contribution is 5.83. The summed E-state index contributed by atoms with van der Waals surface area (Å²) in [6.07, 6.45) is 5.13. The predicted octanol–water partition coefficient (Wildman–Crippen LogP) is 6.56. The molecule has 30 heavy (non-hydrogen) atoms. The van der Waals surface area contributed by atoms with Crippen LogP contribution in [0.25, 0.3) is 5.88 Å². The number of hydrogen-bond donors (Lipinski definition) is 2. The molecule has 2 N–H and O–H groups in total. The van der Waals surface area contributed by atoms with E-state index in [9.17, 15) is 5.11 Å². The summed E-state index contributed by atoms with van der Waals surface area (Å²) in [6.45, 7) is 18.5. The lowest BCUT2D eigenvalue weighted by Gasteiger charge is -2.08. The molecule has 0 amide bonds. The molecule has 7 heteroatoms. The summed E-state index contributed by atoms with van der Waals surface area (Å²) in [7, 11) is 0. The molecule has 0 saturated heterocycles. The van der Waals surface area contributed by atoms with E-state index in [-0.39, 0.29) is 5.88 Å². The third-order valence-corrected chi connectivity index (χ3v) is 3.65. The van der Waals surface area contributed by atoms with Crippen molar-refractivity contribution < 1.29 is 9.84 Å². The van der Waals surface area contributed by atoms with Crippen LogP contribution in [0.1, 0.15) is 40.2 Å². The van der Waals surface area contributed by atoms with Crippen molar-refractivity contribution in [1.82, 2.24) is 9.78 Å². The number of benzene rings is 1. The number of allylic oxidation sites excluding steroid dienone is 2. The highest BCUT2D eigenvalue weighted by Gasteiger charge is 2.16. The maximum atomic E-state index is 9.80. The fraction of sp³-hybridized carbons (Fsp3) is 0.261. The number of ether oxygens (including phenoxy) is 1. The number of aliphatic hydroxyl groups is 1. The largest absolute Gasteiger partial charge is 0.494 e. The summed E-state index contributed by atoms with van der Waals surface area (Å²) in [5.74, 6) is 2.28. The molecule has 7 nitrogen and oxygen atoms in total. The monoisotopic (exact) mass is 409 g/mol. The summed E-state index contributed by atoms with van der Waals surface area (Å²) < 4.78 is 7.08. The minimum Gasteiger partial charge on any atom is -0.494 e. The minimum absolute atomic E-state index is 0.194. The summed E-state index contributed by atoms with van der Waals surface area (Å²) in [4.78, 5) is 8.10. The molecule has 1 aromatic carbocycles. The number of aliphatic imine (C=N–C) groups is 2. The van der Waals surface area contributed by atoms with Crippen LogP contribution in [-0.2, 0) is 0 Å². The molecule has 0 saturated carbocycles. The Balaban J connectivity index is 0.00000218. The molecule has 0 radical (unpaired) electrons. The van der Waals surface area contributed by atoms with Crippen LogP contribution >= 0.6 is 0 Å². The van der Waals surface area contributed by atoms with Gasteiger partial charge in [-0.15, -0.1) is 5.10 Å². The average Bonchev–Trinajstić information content (AvgIpc) is 3.03. The third kappa shape index (κ3) is 6.77. The smallest absolute Gasteiger partial charge is 0.206 e. The van der Waals surface area contributed by atoms with Crippen LogP contribution < -0.4 is 10.1 Å². The van der Waals surface area contributed by atoms with Crippen LogP contribution in [0.15, 0.2) is 64.9 Å². The van der Waals surface area contributed by atoms with Crippen molar-refractivity contribution in [1.29, 1.82) is 0 Å². The van der Waals surface area contributed by atoms with Crippen molar-refractivity contribution in [2.75, 3.05) is 5.32 Å². The van der Waals surface area contributed by atoms with E-state index in [0.717, 1.165) is 17.0 Å². The molecule has 0 fully saturated rings. The van der Waals surface area contributed by atoms with Crippen LogP contribution in [0.4, 0.5) is 17.3 Å². The minimum atomic E-state index is -0.194. The summed E-state index contributed by atoms with van der Waals surface area (Å²) in [5, 5.41) is 17.4. The molecule has 0 aliphatic heterocycles. The van der Waals surface area contributed by atoms with Gasteiger partial charge in [0.1, 0.15) is 11.5 Å². The first-order valence-corrected chi connectivity index (χ1v) is 9.69. The van der Waals surface area contributed by atoms with E-state index in [4.69, 9.17) is 4.74 Å². The van der Waals surface area contributed by atoms with Crippen molar-refractivity contribution in [3.63, 3.8) is 0 Å². The first kappa shape index (κ1) is 24.4. The number of aromatic nitrogens is 2. The van der Waals surface area contributed by atoms with Gasteiger partial charge in [0.05, 0.1) is 0 Å². The van der Waals surface area contributed by atoms with Crippen LogP contribution in [0, 0.1) is 6.92 Å². The molecule has 2 aromatic rings. The van der Waals surface area contributed by atoms with Crippen molar-refractivity contribution in [3.05, 3.63) is 60.5 Å². The fourth-order valence-electron chi connectivity index (χ4n) is 2.32. The Hall–Kier alpha value is -3.61. The van der Waals surface area contributed by atoms with Gasteiger partial charge in [0.25, 0.3) is 0 Å². The number of anilines is 2. The number of hydrogen-bond acceptors (Lipinski definition) is 6. The average molecular weight is 410 g/mol. The molecular weight excluding hydrogens is 378 g/mol. The van der Waals surface area contributed by atoms with Gasteiger partial charge >= 0.3 is 0 Å². The lowest BCUT2D eigenvalue weighted by atomic mass is 10.2. The van der Waals surface area contributed by atoms with Crippen molar-refractivity contribution in [2.24, 2.45) is 9.98 Å². The van der Waals surface area contributed by atoms with Gasteiger partial charge in [0.15, 0.2) is 11.6 Å². The van der Waals surface area contributed by atoms with Crippen LogP contribution in [0.3, 0.4) is 0 Å². The molecule has 0 bridgehead atoms. The van der Waals surface area contributed by atoms with Crippen molar-refractivity contribution in [2.45, 2.75) is 41.5 Å². The van der Waals surface area contributed by atoms with Crippen molar-refractivity contribution >= 4 is 35.6 Å². The molecule has 0 aliphatic carbocycles. The molecule has 0 unspecified atom stereocenters. The molecule has 1 aromatic heterocycles. The van der Waals surface area contributed by atoms with Crippen LogP contribution in [-0.4, -0.2) is 27.3 Å². The quantitative estimate of drug-likeness (QED) is 0.294. The zero-order valence-electron chi connectivity index (χ0n) is 18.6. The van der Waals surface area contributed by atoms with Crippen LogP contribution in [0.2, 0.25) is 0 Å². The third-order valence-electron chi connectivity index (χ3n) is 3.65. The maximum absolute atomic E-state index is 9.80. The number of nitrogens with one attached hydrogen (secondary N) is 1. The standard InChI is InChI=1S/C21H25N5O2.C2H6/c1-7-18(12-13-22-6)28-19-10-8-17(9-11-19)24-20-15(4)21(23-14(2)3)26(25-20)16(5)27;1-2/h7-13,27H,5-6H2,1-4H3,(H,24,25);1-2H3/b13-12-,18-7+;. The Kier molecular flexibility index (Phi) is 9.82. The molecule has 0 spiro atoms. The predicted molar refractivity (Wildman–Crippen MR) is 128 cm³/mol. The number of rotatable bonds is 8. The van der Waals surface area contributed by atoms with E-state index in [1.807, 2.05) is 71.9 Å². The van der Waals surface area contributed by atoms with Crippen molar-refractivity contribution in [3.8, 4) is 5.75 Å². The van der Waals surface area contributed by atoms with Gasteiger partial charge in [0.2, 0.25) is 5.88 Å². The summed E-state index contributed by atoms with van der Waals surface area (Å²) >= 11 is 0. The topological polar surface area (TPSA) is 84.0 Å².